The van der Waals surface area contributed by atoms with E-state index in [1.807, 2.05) is 42.0 Å². The summed E-state index contributed by atoms with van der Waals surface area (Å²) >= 11 is 6.47. The number of hydrogen-bond acceptors (Lipinski definition) is 6. The van der Waals surface area contributed by atoms with Gasteiger partial charge in [0.25, 0.3) is 5.91 Å². The van der Waals surface area contributed by atoms with Gasteiger partial charge in [-0.15, -0.1) is 16.4 Å². The second-order valence-electron chi connectivity index (χ2n) is 4.94. The third-order valence-corrected chi connectivity index (χ3v) is 5.54. The van der Waals surface area contributed by atoms with Gasteiger partial charge in [0, 0.05) is 9.69 Å². The molecule has 1 N–H and O–H groups in total. The van der Waals surface area contributed by atoms with E-state index in [4.69, 9.17) is 4.99 Å². The molecule has 4 rings (SSSR count). The SMILES string of the molecule is CSC1=NN2C(=c3cc(Br)ccc3=NC2c2cccs2)C(=O)N1. The van der Waals surface area contributed by atoms with Crippen molar-refractivity contribution in [3.8, 4) is 0 Å². The van der Waals surface area contributed by atoms with Crippen molar-refractivity contribution in [3.05, 3.63) is 55.6 Å². The molecule has 0 radical (unpaired) electrons. The first kappa shape index (κ1) is 14.9. The molecule has 23 heavy (non-hydrogen) atoms. The zero-order valence-corrected chi connectivity index (χ0v) is 15.2. The molecule has 0 fully saturated rings. The lowest BCUT2D eigenvalue weighted by atomic mass is 10.1. The lowest BCUT2D eigenvalue weighted by Gasteiger charge is -2.33. The normalized spacial score (nSPS) is 19.5. The smallest absolute Gasteiger partial charge is 0.276 e. The fraction of sp³-hybridized carbons (Fsp3) is 0.133. The third kappa shape index (κ3) is 2.50. The number of nitrogens with one attached hydrogen (secondary N) is 1. The number of hydrogen-bond donors (Lipinski definition) is 1. The van der Waals surface area contributed by atoms with Crippen LogP contribution in [0.4, 0.5) is 0 Å². The van der Waals surface area contributed by atoms with Crippen LogP contribution in [0, 0.1) is 0 Å². The van der Waals surface area contributed by atoms with E-state index in [-0.39, 0.29) is 12.1 Å². The molecule has 0 aliphatic carbocycles. The Labute approximate surface area is 148 Å². The minimum absolute atomic E-state index is 0.153. The molecule has 0 saturated carbocycles. The maximum atomic E-state index is 12.6. The van der Waals surface area contributed by atoms with Crippen LogP contribution in [0.25, 0.3) is 5.70 Å². The molecule has 0 spiro atoms. The largest absolute Gasteiger partial charge is 0.298 e. The number of carbonyl (C=O) groups excluding carboxylic acids is 1. The Kier molecular flexibility index (Phi) is 3.74. The Morgan fingerprint density at radius 1 is 1.39 bits per heavy atom. The van der Waals surface area contributed by atoms with Crippen molar-refractivity contribution >= 4 is 55.8 Å². The molecule has 2 aliphatic heterocycles. The standard InChI is InChI=1S/C15H11BrN4OS2/c1-22-15-18-14(21)12-9-7-8(16)4-5-10(9)17-13(20(12)19-15)11-3-2-6-23-11/h2-7,13H,1H3,(H,18,19,21). The molecule has 0 saturated heterocycles. The number of rotatable bonds is 1. The Bertz CT molecular complexity index is 939. The summed E-state index contributed by atoms with van der Waals surface area (Å²) < 4.78 is 0.904. The number of carbonyl (C=O) groups is 1. The molecule has 1 unspecified atom stereocenters. The van der Waals surface area contributed by atoms with Crippen LogP contribution in [-0.2, 0) is 4.79 Å². The van der Waals surface area contributed by atoms with Gasteiger partial charge >= 0.3 is 0 Å². The molecular formula is C15H11BrN4OS2. The van der Waals surface area contributed by atoms with Gasteiger partial charge in [0.15, 0.2) is 11.3 Å². The highest BCUT2D eigenvalue weighted by molar-refractivity contribution is 9.10. The highest BCUT2D eigenvalue weighted by atomic mass is 79.9. The first-order valence-electron chi connectivity index (χ1n) is 6.81. The molecule has 2 aliphatic rings. The van der Waals surface area contributed by atoms with Crippen molar-refractivity contribution in [2.75, 3.05) is 6.26 Å². The quantitative estimate of drug-likeness (QED) is 0.787. The lowest BCUT2D eigenvalue weighted by molar-refractivity contribution is -0.116. The highest BCUT2D eigenvalue weighted by Crippen LogP contribution is 2.32. The van der Waals surface area contributed by atoms with Crippen molar-refractivity contribution in [3.63, 3.8) is 0 Å². The summed E-state index contributed by atoms with van der Waals surface area (Å²) in [6, 6.07) is 9.76. The molecule has 1 atom stereocenters. The number of amides is 1. The molecule has 8 heteroatoms. The third-order valence-electron chi connectivity index (χ3n) is 3.56. The number of hydrazone groups is 1. The Balaban J connectivity index is 2.03. The number of amidine groups is 1. The number of benzene rings is 1. The van der Waals surface area contributed by atoms with E-state index in [2.05, 4.69) is 26.3 Å². The zero-order chi connectivity index (χ0) is 16.0. The number of nitrogens with zero attached hydrogens (tertiary/aromatic N) is 3. The van der Waals surface area contributed by atoms with Gasteiger partial charge < -0.3 is 0 Å². The van der Waals surface area contributed by atoms with Crippen molar-refractivity contribution in [2.24, 2.45) is 10.1 Å². The van der Waals surface area contributed by atoms with Crippen LogP contribution in [0.2, 0.25) is 0 Å². The van der Waals surface area contributed by atoms with Crippen LogP contribution in [0.5, 0.6) is 0 Å². The van der Waals surface area contributed by atoms with Gasteiger partial charge in [-0.1, -0.05) is 33.8 Å². The molecule has 1 aromatic carbocycles. The van der Waals surface area contributed by atoms with E-state index < -0.39 is 0 Å². The van der Waals surface area contributed by atoms with E-state index in [1.54, 1.807) is 16.3 Å². The first-order valence-corrected chi connectivity index (χ1v) is 9.71. The molecule has 0 bridgehead atoms. The van der Waals surface area contributed by atoms with Crippen LogP contribution >= 0.6 is 39.0 Å². The minimum Gasteiger partial charge on any atom is -0.298 e. The Morgan fingerprint density at radius 2 is 2.26 bits per heavy atom. The summed E-state index contributed by atoms with van der Waals surface area (Å²) in [4.78, 5) is 18.5. The van der Waals surface area contributed by atoms with E-state index in [0.717, 1.165) is 19.9 Å². The second-order valence-corrected chi connectivity index (χ2v) is 7.63. The maximum Gasteiger partial charge on any atom is 0.276 e. The fourth-order valence-corrected chi connectivity index (χ4v) is 4.04. The van der Waals surface area contributed by atoms with Crippen LogP contribution in [0.1, 0.15) is 11.0 Å². The molecule has 5 nitrogen and oxygen atoms in total. The van der Waals surface area contributed by atoms with E-state index >= 15 is 0 Å². The summed E-state index contributed by atoms with van der Waals surface area (Å²) in [6.07, 6.45) is 1.57. The average molecular weight is 407 g/mol. The molecule has 2 aromatic rings. The van der Waals surface area contributed by atoms with Gasteiger partial charge in [-0.05, 0) is 35.9 Å². The minimum atomic E-state index is -0.313. The van der Waals surface area contributed by atoms with E-state index in [0.29, 0.717) is 10.9 Å². The van der Waals surface area contributed by atoms with Gasteiger partial charge in [0.05, 0.1) is 10.2 Å². The van der Waals surface area contributed by atoms with E-state index in [1.165, 1.54) is 11.8 Å². The van der Waals surface area contributed by atoms with Crippen LogP contribution < -0.4 is 15.9 Å². The van der Waals surface area contributed by atoms with Gasteiger partial charge in [-0.3, -0.25) is 15.1 Å². The number of halogens is 1. The van der Waals surface area contributed by atoms with Crippen molar-refractivity contribution in [1.29, 1.82) is 0 Å². The summed E-state index contributed by atoms with van der Waals surface area (Å²) in [5.74, 6) is -0.153. The highest BCUT2D eigenvalue weighted by Gasteiger charge is 2.34. The Morgan fingerprint density at radius 3 is 3.00 bits per heavy atom. The lowest BCUT2D eigenvalue weighted by Crippen LogP contribution is -2.50. The van der Waals surface area contributed by atoms with Gasteiger partial charge in [0.1, 0.15) is 5.70 Å². The first-order chi connectivity index (χ1) is 11.2. The molecule has 3 heterocycles. The predicted octanol–water partition coefficient (Wildman–Crippen LogP) is 2.02. The predicted molar refractivity (Wildman–Crippen MR) is 96.3 cm³/mol. The van der Waals surface area contributed by atoms with Crippen LogP contribution in [0.15, 0.2) is 50.3 Å². The molecular weight excluding hydrogens is 396 g/mol. The number of thiophene rings is 1. The fourth-order valence-electron chi connectivity index (χ4n) is 2.57. The van der Waals surface area contributed by atoms with Gasteiger partial charge in [0.2, 0.25) is 0 Å². The van der Waals surface area contributed by atoms with E-state index in [9.17, 15) is 4.79 Å². The van der Waals surface area contributed by atoms with Crippen molar-refractivity contribution < 1.29 is 4.79 Å². The van der Waals surface area contributed by atoms with Crippen LogP contribution in [-0.4, -0.2) is 22.3 Å². The van der Waals surface area contributed by atoms with Gasteiger partial charge in [-0.2, -0.15) is 0 Å². The molecule has 1 aromatic heterocycles. The zero-order valence-electron chi connectivity index (χ0n) is 12.0. The summed E-state index contributed by atoms with van der Waals surface area (Å²) in [5, 5.41) is 13.3. The monoisotopic (exact) mass is 406 g/mol. The van der Waals surface area contributed by atoms with Crippen molar-refractivity contribution in [1.82, 2.24) is 10.3 Å². The van der Waals surface area contributed by atoms with Gasteiger partial charge in [-0.25, -0.2) is 5.01 Å². The molecule has 1 amide bonds. The topological polar surface area (TPSA) is 57.1 Å². The number of thioether (sulfide) groups is 1. The average Bonchev–Trinajstić information content (AvgIpc) is 3.07. The number of fused-ring (bicyclic) bond motifs is 2. The summed E-state index contributed by atoms with van der Waals surface area (Å²) in [7, 11) is 0. The Hall–Kier alpha value is -1.64. The molecule has 116 valence electrons. The van der Waals surface area contributed by atoms with Crippen molar-refractivity contribution in [2.45, 2.75) is 6.17 Å². The summed E-state index contributed by atoms with van der Waals surface area (Å²) in [5.41, 5.74) is 0.535. The maximum absolute atomic E-state index is 12.6. The second kappa shape index (κ2) is 5.77. The summed E-state index contributed by atoms with van der Waals surface area (Å²) in [6.45, 7) is 0. The van der Waals surface area contributed by atoms with Crippen LogP contribution in [0.3, 0.4) is 0 Å².